The summed E-state index contributed by atoms with van der Waals surface area (Å²) in [7, 11) is 2.01. The van der Waals surface area contributed by atoms with E-state index in [-0.39, 0.29) is 0 Å². The molecule has 0 saturated carbocycles. The maximum absolute atomic E-state index is 4.68. The Morgan fingerprint density at radius 2 is 2.21 bits per heavy atom. The molecule has 0 fully saturated rings. The highest BCUT2D eigenvalue weighted by atomic mass is 32.1. The lowest BCUT2D eigenvalue weighted by Gasteiger charge is -2.11. The maximum Gasteiger partial charge on any atom is 0.0954 e. The summed E-state index contributed by atoms with van der Waals surface area (Å²) in [6.45, 7) is 7.45. The van der Waals surface area contributed by atoms with Gasteiger partial charge in [-0.15, -0.1) is 11.3 Å². The number of nitrogens with one attached hydrogen (secondary N) is 1. The summed E-state index contributed by atoms with van der Waals surface area (Å²) in [6.07, 6.45) is 5.47. The molecule has 2 heterocycles. The van der Waals surface area contributed by atoms with Gasteiger partial charge < -0.3 is 9.88 Å². The first-order valence-corrected chi connectivity index (χ1v) is 7.79. The summed E-state index contributed by atoms with van der Waals surface area (Å²) in [6, 6.07) is 2.64. The Morgan fingerprint density at radius 3 is 2.79 bits per heavy atom. The first kappa shape index (κ1) is 14.3. The average Bonchev–Trinajstić information content (AvgIpc) is 3.01. The minimum atomic E-state index is 0.447. The Kier molecular flexibility index (Phi) is 4.77. The SMILES string of the molecule is CCC(NC)c1ccn(Cc2csc(C(C)C)n2)c1. The van der Waals surface area contributed by atoms with Gasteiger partial charge in [-0.05, 0) is 25.1 Å². The van der Waals surface area contributed by atoms with Crippen LogP contribution in [0.25, 0.3) is 0 Å². The van der Waals surface area contributed by atoms with Crippen LogP contribution in [0.3, 0.4) is 0 Å². The van der Waals surface area contributed by atoms with E-state index in [0.29, 0.717) is 12.0 Å². The molecule has 3 nitrogen and oxygen atoms in total. The third-order valence-corrected chi connectivity index (χ3v) is 4.53. The van der Waals surface area contributed by atoms with Gasteiger partial charge in [-0.3, -0.25) is 0 Å². The van der Waals surface area contributed by atoms with E-state index in [0.717, 1.165) is 18.7 Å². The fourth-order valence-electron chi connectivity index (χ4n) is 2.22. The van der Waals surface area contributed by atoms with Gasteiger partial charge >= 0.3 is 0 Å². The summed E-state index contributed by atoms with van der Waals surface area (Å²) < 4.78 is 2.22. The van der Waals surface area contributed by atoms with E-state index in [2.05, 4.69) is 59.5 Å². The quantitative estimate of drug-likeness (QED) is 0.870. The first-order chi connectivity index (χ1) is 9.13. The Hall–Kier alpha value is -1.13. The zero-order valence-electron chi connectivity index (χ0n) is 12.2. The molecule has 2 aromatic heterocycles. The van der Waals surface area contributed by atoms with Crippen molar-refractivity contribution in [1.82, 2.24) is 14.9 Å². The molecule has 2 rings (SSSR count). The number of hydrogen-bond donors (Lipinski definition) is 1. The summed E-state index contributed by atoms with van der Waals surface area (Å²) in [4.78, 5) is 4.68. The van der Waals surface area contributed by atoms with Gasteiger partial charge in [-0.25, -0.2) is 4.98 Å². The van der Waals surface area contributed by atoms with Crippen molar-refractivity contribution in [2.45, 2.75) is 45.7 Å². The van der Waals surface area contributed by atoms with Crippen molar-refractivity contribution >= 4 is 11.3 Å². The smallest absolute Gasteiger partial charge is 0.0954 e. The molecule has 104 valence electrons. The second kappa shape index (κ2) is 6.35. The second-order valence-electron chi connectivity index (χ2n) is 5.20. The molecule has 0 spiro atoms. The van der Waals surface area contributed by atoms with Crippen molar-refractivity contribution in [3.8, 4) is 0 Å². The van der Waals surface area contributed by atoms with Crippen LogP contribution >= 0.6 is 11.3 Å². The summed E-state index contributed by atoms with van der Waals surface area (Å²) in [5.74, 6) is 0.521. The highest BCUT2D eigenvalue weighted by Gasteiger charge is 2.09. The van der Waals surface area contributed by atoms with Crippen molar-refractivity contribution in [1.29, 1.82) is 0 Å². The van der Waals surface area contributed by atoms with Crippen LogP contribution in [0, 0.1) is 0 Å². The molecule has 0 aliphatic heterocycles. The summed E-state index contributed by atoms with van der Waals surface area (Å²) >= 11 is 1.76. The fourth-order valence-corrected chi connectivity index (χ4v) is 3.04. The average molecular weight is 277 g/mol. The number of thiazole rings is 1. The highest BCUT2D eigenvalue weighted by molar-refractivity contribution is 7.09. The molecular formula is C15H23N3S. The summed E-state index contributed by atoms with van der Waals surface area (Å²) in [5.41, 5.74) is 2.51. The third-order valence-electron chi connectivity index (χ3n) is 3.34. The minimum Gasteiger partial charge on any atom is -0.348 e. The zero-order valence-corrected chi connectivity index (χ0v) is 13.0. The van der Waals surface area contributed by atoms with Gasteiger partial charge in [0, 0.05) is 29.7 Å². The van der Waals surface area contributed by atoms with E-state index in [1.807, 2.05) is 7.05 Å². The Labute approximate surface area is 119 Å². The van der Waals surface area contributed by atoms with Crippen LogP contribution in [0.15, 0.2) is 23.8 Å². The van der Waals surface area contributed by atoms with Crippen LogP contribution in [-0.4, -0.2) is 16.6 Å². The van der Waals surface area contributed by atoms with Crippen LogP contribution in [-0.2, 0) is 6.54 Å². The lowest BCUT2D eigenvalue weighted by atomic mass is 10.1. The molecule has 0 amide bonds. The van der Waals surface area contributed by atoms with Crippen LogP contribution in [0.5, 0.6) is 0 Å². The molecule has 0 saturated heterocycles. The van der Waals surface area contributed by atoms with Crippen LogP contribution in [0.4, 0.5) is 0 Å². The first-order valence-electron chi connectivity index (χ1n) is 6.91. The maximum atomic E-state index is 4.68. The molecule has 2 aromatic rings. The molecule has 4 heteroatoms. The van der Waals surface area contributed by atoms with E-state index in [1.165, 1.54) is 10.6 Å². The van der Waals surface area contributed by atoms with E-state index in [4.69, 9.17) is 0 Å². The van der Waals surface area contributed by atoms with Crippen molar-refractivity contribution in [3.63, 3.8) is 0 Å². The predicted octanol–water partition coefficient (Wildman–Crippen LogP) is 3.79. The molecule has 1 unspecified atom stereocenters. The van der Waals surface area contributed by atoms with Crippen molar-refractivity contribution in [2.24, 2.45) is 0 Å². The summed E-state index contributed by atoms with van der Waals surface area (Å²) in [5, 5.41) is 6.73. The molecular weight excluding hydrogens is 254 g/mol. The monoisotopic (exact) mass is 277 g/mol. The molecule has 0 aliphatic rings. The topological polar surface area (TPSA) is 29.9 Å². The fraction of sp³-hybridized carbons (Fsp3) is 0.533. The molecule has 0 aliphatic carbocycles. The van der Waals surface area contributed by atoms with E-state index in [9.17, 15) is 0 Å². The van der Waals surface area contributed by atoms with Gasteiger partial charge in [0.2, 0.25) is 0 Å². The minimum absolute atomic E-state index is 0.447. The van der Waals surface area contributed by atoms with Gasteiger partial charge in [0.15, 0.2) is 0 Å². The number of hydrogen-bond acceptors (Lipinski definition) is 3. The Bertz CT molecular complexity index is 509. The normalized spacial score (nSPS) is 13.1. The van der Waals surface area contributed by atoms with Gasteiger partial charge in [0.25, 0.3) is 0 Å². The standard InChI is InChI=1S/C15H23N3S/c1-5-14(16-4)12-6-7-18(8-12)9-13-10-19-15(17-13)11(2)3/h6-8,10-11,14,16H,5,9H2,1-4H3. The van der Waals surface area contributed by atoms with Crippen LogP contribution < -0.4 is 5.32 Å². The van der Waals surface area contributed by atoms with E-state index in [1.54, 1.807) is 11.3 Å². The zero-order chi connectivity index (χ0) is 13.8. The molecule has 0 aromatic carbocycles. The van der Waals surface area contributed by atoms with E-state index >= 15 is 0 Å². The van der Waals surface area contributed by atoms with Crippen molar-refractivity contribution < 1.29 is 0 Å². The Balaban J connectivity index is 2.06. The number of rotatable bonds is 6. The van der Waals surface area contributed by atoms with Gasteiger partial charge in [-0.1, -0.05) is 20.8 Å². The molecule has 19 heavy (non-hydrogen) atoms. The number of nitrogens with zero attached hydrogens (tertiary/aromatic N) is 2. The predicted molar refractivity (Wildman–Crippen MR) is 81.8 cm³/mol. The highest BCUT2D eigenvalue weighted by Crippen LogP contribution is 2.21. The van der Waals surface area contributed by atoms with Crippen LogP contribution in [0.1, 0.15) is 55.4 Å². The lowest BCUT2D eigenvalue weighted by Crippen LogP contribution is -2.14. The largest absolute Gasteiger partial charge is 0.348 e. The van der Waals surface area contributed by atoms with Crippen molar-refractivity contribution in [3.05, 3.63) is 40.1 Å². The second-order valence-corrected chi connectivity index (χ2v) is 6.09. The Morgan fingerprint density at radius 1 is 1.42 bits per heavy atom. The van der Waals surface area contributed by atoms with Gasteiger partial charge in [-0.2, -0.15) is 0 Å². The lowest BCUT2D eigenvalue weighted by molar-refractivity contribution is 0.575. The molecule has 0 bridgehead atoms. The van der Waals surface area contributed by atoms with Crippen molar-refractivity contribution in [2.75, 3.05) is 7.05 Å². The van der Waals surface area contributed by atoms with E-state index < -0.39 is 0 Å². The molecule has 1 N–H and O–H groups in total. The van der Waals surface area contributed by atoms with Gasteiger partial charge in [0.05, 0.1) is 17.2 Å². The number of aromatic nitrogens is 2. The molecule has 1 atom stereocenters. The van der Waals surface area contributed by atoms with Gasteiger partial charge in [0.1, 0.15) is 0 Å². The molecule has 0 radical (unpaired) electrons. The van der Waals surface area contributed by atoms with Crippen LogP contribution in [0.2, 0.25) is 0 Å². The third kappa shape index (κ3) is 3.45.